The van der Waals surface area contributed by atoms with Crippen LogP contribution in [0.5, 0.6) is 0 Å². The minimum atomic E-state index is -0.545. The predicted molar refractivity (Wildman–Crippen MR) is 63.9 cm³/mol. The van der Waals surface area contributed by atoms with Crippen molar-refractivity contribution >= 4 is 29.2 Å². The Balaban J connectivity index is 2.21. The van der Waals surface area contributed by atoms with Crippen LogP contribution in [0.1, 0.15) is 6.42 Å². The molecule has 1 heterocycles. The van der Waals surface area contributed by atoms with E-state index >= 15 is 0 Å². The van der Waals surface area contributed by atoms with E-state index in [0.29, 0.717) is 5.69 Å². The summed E-state index contributed by atoms with van der Waals surface area (Å²) in [5, 5.41) is -0.0539. The van der Waals surface area contributed by atoms with Gasteiger partial charge in [-0.25, -0.2) is 4.39 Å². The molecule has 0 spiro atoms. The molecule has 1 fully saturated rings. The molecule has 96 valence electrons. The quantitative estimate of drug-likeness (QED) is 0.773. The molecular formula is C12H11ClFNO3. The topological polar surface area (TPSA) is 46.6 Å². The van der Waals surface area contributed by atoms with Crippen molar-refractivity contribution in [2.45, 2.75) is 6.42 Å². The zero-order valence-corrected chi connectivity index (χ0v) is 10.4. The first-order valence-electron chi connectivity index (χ1n) is 5.36. The number of carbonyl (C=O) groups excluding carboxylic acids is 2. The van der Waals surface area contributed by atoms with Gasteiger partial charge in [0.25, 0.3) is 0 Å². The van der Waals surface area contributed by atoms with Crippen LogP contribution in [0.4, 0.5) is 10.1 Å². The number of hydrogen-bond acceptors (Lipinski definition) is 3. The predicted octanol–water partition coefficient (Wildman–Crippen LogP) is 2.00. The third-order valence-corrected chi connectivity index (χ3v) is 3.16. The second kappa shape index (κ2) is 4.94. The molecular weight excluding hydrogens is 261 g/mol. The highest BCUT2D eigenvalue weighted by molar-refractivity contribution is 6.31. The number of rotatable bonds is 2. The summed E-state index contributed by atoms with van der Waals surface area (Å²) < 4.78 is 17.6. The summed E-state index contributed by atoms with van der Waals surface area (Å²) in [7, 11) is 1.28. The van der Waals surface area contributed by atoms with Crippen LogP contribution in [-0.2, 0) is 14.3 Å². The Morgan fingerprint density at radius 2 is 2.28 bits per heavy atom. The van der Waals surface area contributed by atoms with E-state index in [4.69, 9.17) is 11.6 Å². The first kappa shape index (κ1) is 12.8. The molecule has 1 atom stereocenters. The van der Waals surface area contributed by atoms with Crippen LogP contribution in [-0.4, -0.2) is 25.5 Å². The molecule has 1 aromatic rings. The lowest BCUT2D eigenvalue weighted by atomic mass is 10.1. The summed E-state index contributed by atoms with van der Waals surface area (Å²) in [5.41, 5.74) is 0.484. The Bertz CT molecular complexity index is 506. The lowest BCUT2D eigenvalue weighted by molar-refractivity contribution is -0.145. The van der Waals surface area contributed by atoms with Gasteiger partial charge in [0.05, 0.1) is 18.1 Å². The fourth-order valence-corrected chi connectivity index (χ4v) is 2.11. The molecule has 18 heavy (non-hydrogen) atoms. The summed E-state index contributed by atoms with van der Waals surface area (Å²) in [6.07, 6.45) is 0.0989. The lowest BCUT2D eigenvalue weighted by Crippen LogP contribution is -2.26. The van der Waals surface area contributed by atoms with Crippen LogP contribution >= 0.6 is 11.6 Å². The zero-order valence-electron chi connectivity index (χ0n) is 9.65. The Kier molecular flexibility index (Phi) is 3.52. The second-order valence-electron chi connectivity index (χ2n) is 4.03. The molecule has 0 saturated carbocycles. The summed E-state index contributed by atoms with van der Waals surface area (Å²) in [6, 6.07) is 4.02. The molecule has 0 radical (unpaired) electrons. The average Bonchev–Trinajstić information content (AvgIpc) is 2.74. The fourth-order valence-electron chi connectivity index (χ4n) is 1.93. The van der Waals surface area contributed by atoms with E-state index in [2.05, 4.69) is 4.74 Å². The summed E-state index contributed by atoms with van der Waals surface area (Å²) in [6.45, 7) is 0.230. The SMILES string of the molecule is COC(=O)[C@H]1CC(=O)N(c2ccc(F)c(Cl)c2)C1. The number of halogens is 2. The Morgan fingerprint density at radius 1 is 1.56 bits per heavy atom. The van der Waals surface area contributed by atoms with Crippen molar-refractivity contribution in [1.82, 2.24) is 0 Å². The number of anilines is 1. The normalized spacial score (nSPS) is 19.2. The maximum Gasteiger partial charge on any atom is 0.311 e. The highest BCUT2D eigenvalue weighted by Gasteiger charge is 2.35. The molecule has 0 aliphatic carbocycles. The van der Waals surface area contributed by atoms with Gasteiger partial charge >= 0.3 is 5.97 Å². The van der Waals surface area contributed by atoms with Crippen molar-refractivity contribution in [2.75, 3.05) is 18.6 Å². The van der Waals surface area contributed by atoms with Gasteiger partial charge in [-0.15, -0.1) is 0 Å². The van der Waals surface area contributed by atoms with Crippen molar-refractivity contribution in [2.24, 2.45) is 5.92 Å². The molecule has 0 unspecified atom stereocenters. The van der Waals surface area contributed by atoms with Gasteiger partial charge in [-0.05, 0) is 18.2 Å². The van der Waals surface area contributed by atoms with Crippen LogP contribution in [0, 0.1) is 11.7 Å². The summed E-state index contributed by atoms with van der Waals surface area (Å²) >= 11 is 5.66. The van der Waals surface area contributed by atoms with E-state index in [-0.39, 0.29) is 23.9 Å². The number of methoxy groups -OCH3 is 1. The molecule has 6 heteroatoms. The Hall–Kier alpha value is -1.62. The molecule has 0 N–H and O–H groups in total. The smallest absolute Gasteiger partial charge is 0.311 e. The Labute approximate surface area is 108 Å². The fraction of sp³-hybridized carbons (Fsp3) is 0.333. The van der Waals surface area contributed by atoms with Crippen molar-refractivity contribution in [3.63, 3.8) is 0 Å². The minimum absolute atomic E-state index is 0.0539. The van der Waals surface area contributed by atoms with Crippen molar-refractivity contribution < 1.29 is 18.7 Å². The maximum atomic E-state index is 13.0. The van der Waals surface area contributed by atoms with Crippen LogP contribution < -0.4 is 4.90 Å². The summed E-state index contributed by atoms with van der Waals surface area (Å²) in [4.78, 5) is 24.6. The molecule has 1 amide bonds. The molecule has 1 aromatic carbocycles. The van der Waals surface area contributed by atoms with E-state index in [1.165, 1.54) is 30.2 Å². The van der Waals surface area contributed by atoms with Crippen LogP contribution in [0.15, 0.2) is 18.2 Å². The van der Waals surface area contributed by atoms with Crippen molar-refractivity contribution in [1.29, 1.82) is 0 Å². The monoisotopic (exact) mass is 271 g/mol. The van der Waals surface area contributed by atoms with Crippen LogP contribution in [0.3, 0.4) is 0 Å². The second-order valence-corrected chi connectivity index (χ2v) is 4.43. The van der Waals surface area contributed by atoms with Gasteiger partial charge in [0.2, 0.25) is 5.91 Å². The highest BCUT2D eigenvalue weighted by atomic mass is 35.5. The van der Waals surface area contributed by atoms with Gasteiger partial charge in [-0.2, -0.15) is 0 Å². The van der Waals surface area contributed by atoms with E-state index in [1.54, 1.807) is 0 Å². The third-order valence-electron chi connectivity index (χ3n) is 2.87. The lowest BCUT2D eigenvalue weighted by Gasteiger charge is -2.16. The largest absolute Gasteiger partial charge is 0.469 e. The van der Waals surface area contributed by atoms with E-state index in [1.807, 2.05) is 0 Å². The first-order valence-corrected chi connectivity index (χ1v) is 5.74. The van der Waals surface area contributed by atoms with Crippen LogP contribution in [0.2, 0.25) is 5.02 Å². The number of ether oxygens (including phenoxy) is 1. The van der Waals surface area contributed by atoms with Crippen molar-refractivity contribution in [3.8, 4) is 0 Å². The van der Waals surface area contributed by atoms with Crippen molar-refractivity contribution in [3.05, 3.63) is 29.0 Å². The minimum Gasteiger partial charge on any atom is -0.469 e. The number of benzene rings is 1. The number of carbonyl (C=O) groups is 2. The van der Waals surface area contributed by atoms with Crippen LogP contribution in [0.25, 0.3) is 0 Å². The number of amides is 1. The van der Waals surface area contributed by atoms with Gasteiger partial charge in [0.15, 0.2) is 0 Å². The number of esters is 1. The molecule has 1 saturated heterocycles. The molecule has 2 rings (SSSR count). The van der Waals surface area contributed by atoms with E-state index in [0.717, 1.165) is 0 Å². The summed E-state index contributed by atoms with van der Waals surface area (Å²) in [5.74, 6) is -1.64. The number of hydrogen-bond donors (Lipinski definition) is 0. The van der Waals surface area contributed by atoms with E-state index < -0.39 is 17.7 Å². The maximum absolute atomic E-state index is 13.0. The molecule has 4 nitrogen and oxygen atoms in total. The molecule has 0 bridgehead atoms. The van der Waals surface area contributed by atoms with Gasteiger partial charge < -0.3 is 9.64 Å². The van der Waals surface area contributed by atoms with E-state index in [9.17, 15) is 14.0 Å². The first-order chi connectivity index (χ1) is 8.52. The van der Waals surface area contributed by atoms with Gasteiger partial charge in [-0.3, -0.25) is 9.59 Å². The van der Waals surface area contributed by atoms with Gasteiger partial charge in [0.1, 0.15) is 5.82 Å². The van der Waals surface area contributed by atoms with Gasteiger partial charge in [0, 0.05) is 18.7 Å². The molecule has 1 aliphatic heterocycles. The number of nitrogens with zero attached hydrogens (tertiary/aromatic N) is 1. The Morgan fingerprint density at radius 3 is 2.89 bits per heavy atom. The zero-order chi connectivity index (χ0) is 13.3. The molecule has 0 aromatic heterocycles. The van der Waals surface area contributed by atoms with Gasteiger partial charge in [-0.1, -0.05) is 11.6 Å². The average molecular weight is 272 g/mol. The highest BCUT2D eigenvalue weighted by Crippen LogP contribution is 2.28. The standard InChI is InChI=1S/C12H11ClFNO3/c1-18-12(17)7-4-11(16)15(6-7)8-2-3-10(14)9(13)5-8/h2-3,5,7H,4,6H2,1H3/t7-/m0/s1. The third kappa shape index (κ3) is 2.31. The molecule has 1 aliphatic rings.